The van der Waals surface area contributed by atoms with Crippen LogP contribution in [0.2, 0.25) is 0 Å². The molecule has 4 heteroatoms. The molecule has 1 heterocycles. The predicted octanol–water partition coefficient (Wildman–Crippen LogP) is 5.29. The van der Waals surface area contributed by atoms with Crippen LogP contribution in [0, 0.1) is 0 Å². The molecule has 1 N–H and O–H groups in total. The number of hydrazone groups is 1. The topological polar surface area (TPSA) is 44.7 Å². The molecule has 146 valence electrons. The lowest BCUT2D eigenvalue weighted by Gasteiger charge is -2.16. The van der Waals surface area contributed by atoms with Crippen molar-refractivity contribution in [3.05, 3.63) is 71.8 Å². The van der Waals surface area contributed by atoms with E-state index in [9.17, 15) is 4.79 Å². The van der Waals surface area contributed by atoms with Gasteiger partial charge in [0.25, 0.3) is 0 Å². The Kier molecular flexibility index (Phi) is 5.75. The monoisotopic (exact) mass is 375 g/mol. The molecule has 0 radical (unpaired) electrons. The number of urea groups is 1. The maximum absolute atomic E-state index is 12.8. The molecule has 1 unspecified atom stereocenters. The number of amides is 2. The zero-order valence-electron chi connectivity index (χ0n) is 16.6. The largest absolute Gasteiger partial charge is 0.338 e. The molecule has 3 atom stereocenters. The average molecular weight is 376 g/mol. The highest BCUT2D eigenvalue weighted by Crippen LogP contribution is 2.41. The van der Waals surface area contributed by atoms with Crippen molar-refractivity contribution < 1.29 is 4.79 Å². The van der Waals surface area contributed by atoms with Crippen molar-refractivity contribution in [1.82, 2.24) is 10.3 Å². The summed E-state index contributed by atoms with van der Waals surface area (Å²) in [6.45, 7) is 2.85. The molecule has 1 aliphatic heterocycles. The first-order chi connectivity index (χ1) is 13.8. The first-order valence-corrected chi connectivity index (χ1v) is 10.5. The number of nitrogens with one attached hydrogen (secondary N) is 1. The fourth-order valence-electron chi connectivity index (χ4n) is 4.09. The van der Waals surface area contributed by atoms with Crippen molar-refractivity contribution in [3.63, 3.8) is 0 Å². The lowest BCUT2D eigenvalue weighted by atomic mass is 9.92. The van der Waals surface area contributed by atoms with Crippen LogP contribution in [-0.4, -0.2) is 29.3 Å². The number of carbonyl (C=O) groups excluding carboxylic acids is 1. The van der Waals surface area contributed by atoms with E-state index in [0.29, 0.717) is 12.5 Å². The number of benzene rings is 2. The third-order valence-electron chi connectivity index (χ3n) is 5.81. The molecule has 2 amide bonds. The van der Waals surface area contributed by atoms with E-state index in [1.807, 2.05) is 12.1 Å². The molecule has 0 spiro atoms. The normalized spacial score (nSPS) is 23.4. The van der Waals surface area contributed by atoms with Gasteiger partial charge < -0.3 is 5.32 Å². The van der Waals surface area contributed by atoms with Gasteiger partial charge in [0.2, 0.25) is 0 Å². The van der Waals surface area contributed by atoms with Crippen molar-refractivity contribution in [3.8, 4) is 0 Å². The molecular weight excluding hydrogens is 346 g/mol. The zero-order chi connectivity index (χ0) is 19.3. The fourth-order valence-corrected chi connectivity index (χ4v) is 4.09. The highest BCUT2D eigenvalue weighted by molar-refractivity contribution is 5.94. The van der Waals surface area contributed by atoms with Crippen LogP contribution in [-0.2, 0) is 0 Å². The molecule has 2 aromatic rings. The van der Waals surface area contributed by atoms with Gasteiger partial charge in [-0.3, -0.25) is 0 Å². The smallest absolute Gasteiger partial charge is 0.333 e. The minimum Gasteiger partial charge on any atom is -0.333 e. The van der Waals surface area contributed by atoms with Crippen LogP contribution in [0.3, 0.4) is 0 Å². The maximum atomic E-state index is 12.8. The summed E-state index contributed by atoms with van der Waals surface area (Å²) in [7, 11) is 0. The standard InChI is InChI=1S/C24H29N3O/c1-2-3-6-15-22-21(19-13-9-5-10-14-19)17-27(26-22)24(28)25-23-16-20(23)18-11-7-4-8-12-18/h4-5,7-14,20-21,23H,2-3,6,15-17H2,1H3,(H,25,28)/t20-,21?,23+/m1/s1. The van der Waals surface area contributed by atoms with Gasteiger partial charge in [-0.25, -0.2) is 9.80 Å². The minimum absolute atomic E-state index is 0.0603. The SMILES string of the molecule is CCCCCC1=NN(C(=O)N[C@H]2C[C@@H]2c2ccccc2)CC1c1ccccc1. The van der Waals surface area contributed by atoms with Gasteiger partial charge in [0.15, 0.2) is 0 Å². The van der Waals surface area contributed by atoms with Crippen LogP contribution in [0.25, 0.3) is 0 Å². The molecule has 1 fully saturated rings. The summed E-state index contributed by atoms with van der Waals surface area (Å²) < 4.78 is 0. The number of hydrogen-bond donors (Lipinski definition) is 1. The Morgan fingerprint density at radius 2 is 1.71 bits per heavy atom. The van der Waals surface area contributed by atoms with E-state index >= 15 is 0 Å². The van der Waals surface area contributed by atoms with Crippen molar-refractivity contribution in [2.24, 2.45) is 5.10 Å². The Bertz CT molecular complexity index is 818. The molecule has 0 aromatic heterocycles. The third kappa shape index (κ3) is 4.27. The minimum atomic E-state index is -0.0603. The van der Waals surface area contributed by atoms with Crippen molar-refractivity contribution in [2.45, 2.75) is 56.9 Å². The van der Waals surface area contributed by atoms with E-state index in [2.05, 4.69) is 60.8 Å². The number of hydrogen-bond acceptors (Lipinski definition) is 2. The lowest BCUT2D eigenvalue weighted by Crippen LogP contribution is -2.37. The van der Waals surface area contributed by atoms with Gasteiger partial charge in [0.1, 0.15) is 0 Å². The fraction of sp³-hybridized carbons (Fsp3) is 0.417. The second-order valence-corrected chi connectivity index (χ2v) is 7.90. The van der Waals surface area contributed by atoms with Crippen molar-refractivity contribution in [1.29, 1.82) is 0 Å². The summed E-state index contributed by atoms with van der Waals surface area (Å²) >= 11 is 0. The number of nitrogens with zero attached hydrogens (tertiary/aromatic N) is 2. The van der Waals surface area contributed by atoms with Gasteiger partial charge in [-0.1, -0.05) is 80.4 Å². The van der Waals surface area contributed by atoms with Gasteiger partial charge in [-0.05, 0) is 30.4 Å². The second-order valence-electron chi connectivity index (χ2n) is 7.90. The third-order valence-corrected chi connectivity index (χ3v) is 5.81. The van der Waals surface area contributed by atoms with E-state index in [1.54, 1.807) is 5.01 Å². The van der Waals surface area contributed by atoms with E-state index < -0.39 is 0 Å². The van der Waals surface area contributed by atoms with Gasteiger partial charge in [-0.15, -0.1) is 0 Å². The molecule has 4 nitrogen and oxygen atoms in total. The molecule has 1 saturated carbocycles. The van der Waals surface area contributed by atoms with Crippen LogP contribution in [0.1, 0.15) is 62.0 Å². The van der Waals surface area contributed by atoms with Gasteiger partial charge in [-0.2, -0.15) is 5.10 Å². The highest BCUT2D eigenvalue weighted by atomic mass is 16.2. The second kappa shape index (κ2) is 8.59. The van der Waals surface area contributed by atoms with E-state index in [4.69, 9.17) is 5.10 Å². The molecule has 1 aliphatic carbocycles. The quantitative estimate of drug-likeness (QED) is 0.657. The summed E-state index contributed by atoms with van der Waals surface area (Å²) in [5.41, 5.74) is 3.70. The average Bonchev–Trinajstić information content (AvgIpc) is 3.37. The molecule has 2 aromatic carbocycles. The summed E-state index contributed by atoms with van der Waals surface area (Å²) in [5, 5.41) is 9.57. The van der Waals surface area contributed by atoms with Crippen LogP contribution in [0.5, 0.6) is 0 Å². The molecular formula is C24H29N3O. The van der Waals surface area contributed by atoms with E-state index in [0.717, 1.165) is 25.0 Å². The maximum Gasteiger partial charge on any atom is 0.338 e. The Morgan fingerprint density at radius 1 is 1.04 bits per heavy atom. The summed E-state index contributed by atoms with van der Waals surface area (Å²) in [6, 6.07) is 21.1. The van der Waals surface area contributed by atoms with Crippen molar-refractivity contribution in [2.75, 3.05) is 6.54 Å². The van der Waals surface area contributed by atoms with Crippen LogP contribution in [0.4, 0.5) is 4.79 Å². The van der Waals surface area contributed by atoms with E-state index in [-0.39, 0.29) is 18.0 Å². The molecule has 0 bridgehead atoms. The number of carbonyl (C=O) groups is 1. The Labute approximate surface area is 167 Å². The summed E-state index contributed by atoms with van der Waals surface area (Å²) in [4.78, 5) is 12.8. The first-order valence-electron chi connectivity index (χ1n) is 10.5. The number of unbranched alkanes of at least 4 members (excludes halogenated alkanes) is 2. The van der Waals surface area contributed by atoms with Crippen LogP contribution < -0.4 is 5.32 Å². The summed E-state index contributed by atoms with van der Waals surface area (Å²) in [5.74, 6) is 0.651. The van der Waals surface area contributed by atoms with Crippen LogP contribution >= 0.6 is 0 Å². The summed E-state index contributed by atoms with van der Waals surface area (Å²) in [6.07, 6.45) is 5.50. The zero-order valence-corrected chi connectivity index (χ0v) is 16.6. The number of rotatable bonds is 7. The highest BCUT2D eigenvalue weighted by Gasteiger charge is 2.41. The Balaban J connectivity index is 1.40. The van der Waals surface area contributed by atoms with Gasteiger partial charge in [0.05, 0.1) is 6.54 Å². The van der Waals surface area contributed by atoms with Gasteiger partial charge in [0, 0.05) is 23.6 Å². The van der Waals surface area contributed by atoms with Gasteiger partial charge >= 0.3 is 6.03 Å². The van der Waals surface area contributed by atoms with Crippen LogP contribution in [0.15, 0.2) is 65.8 Å². The van der Waals surface area contributed by atoms with Crippen molar-refractivity contribution >= 4 is 11.7 Å². The molecule has 4 rings (SSSR count). The molecule has 2 aliphatic rings. The van der Waals surface area contributed by atoms with E-state index in [1.165, 1.54) is 24.0 Å². The lowest BCUT2D eigenvalue weighted by molar-refractivity contribution is 0.203. The molecule has 28 heavy (non-hydrogen) atoms. The Morgan fingerprint density at radius 3 is 2.39 bits per heavy atom. The Hall–Kier alpha value is -2.62. The first kappa shape index (κ1) is 18.7. The molecule has 0 saturated heterocycles. The predicted molar refractivity (Wildman–Crippen MR) is 114 cm³/mol.